The molecular formula is C11H17N3O2. The van der Waals surface area contributed by atoms with E-state index >= 15 is 0 Å². The van der Waals surface area contributed by atoms with E-state index in [9.17, 15) is 4.79 Å². The van der Waals surface area contributed by atoms with Gasteiger partial charge in [-0.2, -0.15) is 0 Å². The molecule has 2 rings (SSSR count). The molecule has 1 saturated heterocycles. The van der Waals surface area contributed by atoms with E-state index in [-0.39, 0.29) is 6.03 Å². The highest BCUT2D eigenvalue weighted by atomic mass is 16.5. The molecule has 1 aromatic heterocycles. The van der Waals surface area contributed by atoms with Crippen LogP contribution in [0.15, 0.2) is 24.5 Å². The molecule has 0 bridgehead atoms. The monoisotopic (exact) mass is 223 g/mol. The summed E-state index contributed by atoms with van der Waals surface area (Å²) in [6.45, 7) is 5.07. The van der Waals surface area contributed by atoms with Gasteiger partial charge in [0, 0.05) is 38.6 Å². The summed E-state index contributed by atoms with van der Waals surface area (Å²) >= 11 is 0. The summed E-state index contributed by atoms with van der Waals surface area (Å²) in [6, 6.07) is 3.60. The highest BCUT2D eigenvalue weighted by Crippen LogP contribution is 1.95. The molecule has 16 heavy (non-hydrogen) atoms. The van der Waals surface area contributed by atoms with Gasteiger partial charge < -0.3 is 10.1 Å². The molecule has 1 aliphatic rings. The van der Waals surface area contributed by atoms with Gasteiger partial charge in [0.05, 0.1) is 13.2 Å². The van der Waals surface area contributed by atoms with E-state index in [0.717, 1.165) is 32.8 Å². The lowest BCUT2D eigenvalue weighted by molar-refractivity contribution is 0.0387. The zero-order valence-corrected chi connectivity index (χ0v) is 9.26. The molecule has 2 heterocycles. The Kier molecular flexibility index (Phi) is 3.96. The smallest absolute Gasteiger partial charge is 0.325 e. The van der Waals surface area contributed by atoms with Crippen LogP contribution in [0.4, 0.5) is 4.79 Å². The summed E-state index contributed by atoms with van der Waals surface area (Å²) in [6.07, 6.45) is 3.48. The van der Waals surface area contributed by atoms with Crippen molar-refractivity contribution in [2.45, 2.75) is 0 Å². The number of hydrogen-bond acceptors (Lipinski definition) is 3. The number of morpholine rings is 1. The first-order valence-corrected chi connectivity index (χ1v) is 5.57. The lowest BCUT2D eigenvalue weighted by Gasteiger charge is -2.26. The van der Waals surface area contributed by atoms with Gasteiger partial charge in [-0.05, 0) is 12.1 Å². The van der Waals surface area contributed by atoms with Crippen molar-refractivity contribution in [1.82, 2.24) is 14.8 Å². The zero-order valence-electron chi connectivity index (χ0n) is 9.26. The van der Waals surface area contributed by atoms with E-state index < -0.39 is 0 Å². The van der Waals surface area contributed by atoms with Crippen LogP contribution in [0.1, 0.15) is 0 Å². The molecule has 0 atom stereocenters. The Hall–Kier alpha value is -1.33. The maximum atomic E-state index is 11.6. The van der Waals surface area contributed by atoms with E-state index in [0.29, 0.717) is 6.54 Å². The maximum absolute atomic E-state index is 11.6. The molecule has 5 nitrogen and oxygen atoms in total. The van der Waals surface area contributed by atoms with Crippen LogP contribution in [0.25, 0.3) is 0 Å². The molecule has 88 valence electrons. The van der Waals surface area contributed by atoms with Gasteiger partial charge in [-0.3, -0.25) is 9.47 Å². The molecule has 0 saturated carbocycles. The van der Waals surface area contributed by atoms with E-state index in [1.807, 2.05) is 12.1 Å². The molecule has 1 amide bonds. The van der Waals surface area contributed by atoms with Gasteiger partial charge in [-0.1, -0.05) is 0 Å². The SMILES string of the molecule is O=C(NCCN1CCOCC1)n1cccc1. The molecule has 1 fully saturated rings. The number of carbonyl (C=O) groups excluding carboxylic acids is 1. The van der Waals surface area contributed by atoms with E-state index in [1.54, 1.807) is 17.0 Å². The fourth-order valence-electron chi connectivity index (χ4n) is 1.71. The van der Waals surface area contributed by atoms with E-state index in [4.69, 9.17) is 4.74 Å². The fraction of sp³-hybridized carbons (Fsp3) is 0.545. The number of carbonyl (C=O) groups is 1. The summed E-state index contributed by atoms with van der Waals surface area (Å²) in [5, 5.41) is 2.87. The van der Waals surface area contributed by atoms with Gasteiger partial charge >= 0.3 is 6.03 Å². The van der Waals surface area contributed by atoms with Crippen molar-refractivity contribution < 1.29 is 9.53 Å². The lowest BCUT2D eigenvalue weighted by atomic mass is 10.4. The van der Waals surface area contributed by atoms with Crippen LogP contribution in [0, 0.1) is 0 Å². The first kappa shape index (κ1) is 11.2. The Morgan fingerprint density at radius 3 is 2.62 bits per heavy atom. The Balaban J connectivity index is 1.66. The maximum Gasteiger partial charge on any atom is 0.325 e. The van der Waals surface area contributed by atoms with Gasteiger partial charge in [0.15, 0.2) is 0 Å². The van der Waals surface area contributed by atoms with Crippen LogP contribution in [0.5, 0.6) is 0 Å². The number of amides is 1. The minimum absolute atomic E-state index is 0.0711. The number of hydrogen-bond donors (Lipinski definition) is 1. The highest BCUT2D eigenvalue weighted by molar-refractivity contribution is 5.76. The fourth-order valence-corrected chi connectivity index (χ4v) is 1.71. The van der Waals surface area contributed by atoms with Crippen molar-refractivity contribution in [2.24, 2.45) is 0 Å². The van der Waals surface area contributed by atoms with Crippen LogP contribution in [-0.4, -0.2) is 54.9 Å². The van der Waals surface area contributed by atoms with Crippen molar-refractivity contribution >= 4 is 6.03 Å². The lowest BCUT2D eigenvalue weighted by Crippen LogP contribution is -2.41. The predicted octanol–water partition coefficient (Wildman–Crippen LogP) is 0.378. The van der Waals surface area contributed by atoms with Crippen molar-refractivity contribution in [2.75, 3.05) is 39.4 Å². The molecule has 0 radical (unpaired) electrons. The third-order valence-electron chi connectivity index (χ3n) is 2.65. The minimum atomic E-state index is -0.0711. The normalized spacial score (nSPS) is 17.2. The van der Waals surface area contributed by atoms with Gasteiger partial charge in [-0.25, -0.2) is 4.79 Å². The first-order valence-electron chi connectivity index (χ1n) is 5.57. The molecule has 0 aromatic carbocycles. The van der Waals surface area contributed by atoms with Gasteiger partial charge in [-0.15, -0.1) is 0 Å². The Bertz CT molecular complexity index is 318. The zero-order chi connectivity index (χ0) is 11.2. The van der Waals surface area contributed by atoms with Crippen molar-refractivity contribution in [3.8, 4) is 0 Å². The van der Waals surface area contributed by atoms with Crippen LogP contribution >= 0.6 is 0 Å². The summed E-state index contributed by atoms with van der Waals surface area (Å²) < 4.78 is 6.79. The van der Waals surface area contributed by atoms with Crippen molar-refractivity contribution in [1.29, 1.82) is 0 Å². The molecule has 5 heteroatoms. The van der Waals surface area contributed by atoms with Crippen molar-refractivity contribution in [3.63, 3.8) is 0 Å². The second-order valence-corrected chi connectivity index (χ2v) is 3.78. The molecule has 1 aliphatic heterocycles. The van der Waals surface area contributed by atoms with Gasteiger partial charge in [0.2, 0.25) is 0 Å². The summed E-state index contributed by atoms with van der Waals surface area (Å²) in [7, 11) is 0. The Morgan fingerprint density at radius 2 is 1.94 bits per heavy atom. The van der Waals surface area contributed by atoms with Crippen LogP contribution in [0.2, 0.25) is 0 Å². The third kappa shape index (κ3) is 3.08. The number of ether oxygens (including phenoxy) is 1. The molecule has 0 aliphatic carbocycles. The number of aromatic nitrogens is 1. The van der Waals surface area contributed by atoms with Crippen LogP contribution in [0.3, 0.4) is 0 Å². The largest absolute Gasteiger partial charge is 0.379 e. The predicted molar refractivity (Wildman–Crippen MR) is 60.5 cm³/mol. The van der Waals surface area contributed by atoms with Gasteiger partial charge in [0.1, 0.15) is 0 Å². The van der Waals surface area contributed by atoms with Crippen molar-refractivity contribution in [3.05, 3.63) is 24.5 Å². The van der Waals surface area contributed by atoms with Gasteiger partial charge in [0.25, 0.3) is 0 Å². The molecule has 0 unspecified atom stereocenters. The first-order chi connectivity index (χ1) is 7.86. The molecule has 1 aromatic rings. The van der Waals surface area contributed by atoms with Crippen LogP contribution in [-0.2, 0) is 4.74 Å². The topological polar surface area (TPSA) is 46.5 Å². The summed E-state index contributed by atoms with van der Waals surface area (Å²) in [5.74, 6) is 0. The van der Waals surface area contributed by atoms with E-state index in [2.05, 4.69) is 10.2 Å². The summed E-state index contributed by atoms with van der Waals surface area (Å²) in [5.41, 5.74) is 0. The highest BCUT2D eigenvalue weighted by Gasteiger charge is 2.10. The quantitative estimate of drug-likeness (QED) is 0.805. The third-order valence-corrected chi connectivity index (χ3v) is 2.65. The average molecular weight is 223 g/mol. The molecule has 1 N–H and O–H groups in total. The average Bonchev–Trinajstić information content (AvgIpc) is 2.84. The standard InChI is InChI=1S/C11H17N3O2/c15-11(14-4-1-2-5-14)12-3-6-13-7-9-16-10-8-13/h1-2,4-5H,3,6-10H2,(H,12,15). The Morgan fingerprint density at radius 1 is 1.25 bits per heavy atom. The molecular weight excluding hydrogens is 206 g/mol. The number of nitrogens with one attached hydrogen (secondary N) is 1. The molecule has 0 spiro atoms. The van der Waals surface area contributed by atoms with E-state index in [1.165, 1.54) is 0 Å². The minimum Gasteiger partial charge on any atom is -0.379 e. The number of nitrogens with zero attached hydrogens (tertiary/aromatic N) is 2. The Labute approximate surface area is 95.0 Å². The van der Waals surface area contributed by atoms with Crippen LogP contribution < -0.4 is 5.32 Å². The second-order valence-electron chi connectivity index (χ2n) is 3.78. The second kappa shape index (κ2) is 5.67. The summed E-state index contributed by atoms with van der Waals surface area (Å²) in [4.78, 5) is 13.8. The number of rotatable bonds is 3.